The van der Waals surface area contributed by atoms with Crippen LogP contribution in [0, 0.1) is 10.1 Å². The van der Waals surface area contributed by atoms with Crippen molar-refractivity contribution >= 4 is 34.6 Å². The van der Waals surface area contributed by atoms with Crippen LogP contribution in [0.5, 0.6) is 11.5 Å². The molecule has 0 radical (unpaired) electrons. The second-order valence-corrected chi connectivity index (χ2v) is 6.32. The van der Waals surface area contributed by atoms with Crippen molar-refractivity contribution in [3.8, 4) is 11.5 Å². The molecule has 9 heteroatoms. The highest BCUT2D eigenvalue weighted by Crippen LogP contribution is 2.28. The van der Waals surface area contributed by atoms with Gasteiger partial charge in [0.15, 0.2) is 5.11 Å². The number of methoxy groups -OCH3 is 1. The van der Waals surface area contributed by atoms with Crippen LogP contribution < -0.4 is 20.1 Å². The summed E-state index contributed by atoms with van der Waals surface area (Å²) in [7, 11) is 1.41. The summed E-state index contributed by atoms with van der Waals surface area (Å²) in [4.78, 5) is 23.1. The van der Waals surface area contributed by atoms with Crippen LogP contribution in [-0.2, 0) is 0 Å². The van der Waals surface area contributed by atoms with Gasteiger partial charge in [0.2, 0.25) is 0 Å². The molecule has 2 aromatic carbocycles. The molecule has 2 aromatic rings. The van der Waals surface area contributed by atoms with Crippen LogP contribution >= 0.6 is 12.2 Å². The zero-order valence-corrected chi connectivity index (χ0v) is 16.5. The standard InChI is InChI=1S/C19H21N3O5S/c1-4-12(2)27-15-7-5-6-13(10-15)18(23)21-19(28)20-16-9-8-14(26-3)11-17(16)22(24)25/h5-12H,4H2,1-3H3,(H2,20,21,23,28). The number of hydrogen-bond donors (Lipinski definition) is 2. The van der Waals surface area contributed by atoms with Gasteiger partial charge in [-0.2, -0.15) is 0 Å². The first kappa shape index (κ1) is 21.1. The van der Waals surface area contributed by atoms with Gasteiger partial charge >= 0.3 is 0 Å². The summed E-state index contributed by atoms with van der Waals surface area (Å²) in [6.07, 6.45) is 0.863. The molecule has 8 nitrogen and oxygen atoms in total. The van der Waals surface area contributed by atoms with Crippen molar-refractivity contribution < 1.29 is 19.2 Å². The molecule has 2 rings (SSSR count). The summed E-state index contributed by atoms with van der Waals surface area (Å²) >= 11 is 5.11. The zero-order chi connectivity index (χ0) is 20.7. The van der Waals surface area contributed by atoms with E-state index in [1.807, 2.05) is 13.8 Å². The van der Waals surface area contributed by atoms with Crippen LogP contribution in [0.15, 0.2) is 42.5 Å². The third kappa shape index (κ3) is 5.65. The van der Waals surface area contributed by atoms with E-state index in [9.17, 15) is 14.9 Å². The Balaban J connectivity index is 2.08. The molecule has 1 atom stereocenters. The number of thiocarbonyl (C=S) groups is 1. The molecule has 1 unspecified atom stereocenters. The summed E-state index contributed by atoms with van der Waals surface area (Å²) in [5, 5.41) is 16.3. The highest BCUT2D eigenvalue weighted by molar-refractivity contribution is 7.80. The van der Waals surface area contributed by atoms with Crippen molar-refractivity contribution in [3.05, 3.63) is 58.1 Å². The van der Waals surface area contributed by atoms with Gasteiger partial charge < -0.3 is 14.8 Å². The molecule has 0 aliphatic carbocycles. The molecule has 0 heterocycles. The lowest BCUT2D eigenvalue weighted by Crippen LogP contribution is -2.34. The summed E-state index contributed by atoms with van der Waals surface area (Å²) in [6, 6.07) is 11.0. The first-order valence-corrected chi connectivity index (χ1v) is 8.96. The van der Waals surface area contributed by atoms with Gasteiger partial charge in [-0.25, -0.2) is 0 Å². The Bertz CT molecular complexity index is 888. The van der Waals surface area contributed by atoms with Gasteiger partial charge in [-0.1, -0.05) is 13.0 Å². The van der Waals surface area contributed by atoms with Gasteiger partial charge in [-0.05, 0) is 55.9 Å². The highest BCUT2D eigenvalue weighted by atomic mass is 32.1. The number of amides is 1. The SMILES string of the molecule is CCC(C)Oc1cccc(C(=O)NC(=S)Nc2ccc(OC)cc2[N+](=O)[O-])c1. The average molecular weight is 403 g/mol. The van der Waals surface area contributed by atoms with Crippen LogP contribution in [0.25, 0.3) is 0 Å². The Morgan fingerprint density at radius 3 is 2.64 bits per heavy atom. The van der Waals surface area contributed by atoms with E-state index in [0.29, 0.717) is 17.1 Å². The Morgan fingerprint density at radius 1 is 1.25 bits per heavy atom. The fraction of sp³-hybridized carbons (Fsp3) is 0.263. The number of nitrogens with zero attached hydrogens (tertiary/aromatic N) is 1. The minimum absolute atomic E-state index is 0.0247. The van der Waals surface area contributed by atoms with Gasteiger partial charge in [0.05, 0.1) is 24.2 Å². The molecule has 0 bridgehead atoms. The van der Waals surface area contributed by atoms with E-state index < -0.39 is 10.8 Å². The minimum atomic E-state index is -0.564. The Labute approximate surface area is 168 Å². The Hall–Kier alpha value is -3.20. The molecule has 0 fully saturated rings. The van der Waals surface area contributed by atoms with Crippen molar-refractivity contribution in [2.75, 3.05) is 12.4 Å². The van der Waals surface area contributed by atoms with Gasteiger partial charge in [0.1, 0.15) is 17.2 Å². The largest absolute Gasteiger partial charge is 0.496 e. The lowest BCUT2D eigenvalue weighted by molar-refractivity contribution is -0.384. The topological polar surface area (TPSA) is 103 Å². The number of benzene rings is 2. The number of nitro benzene ring substituents is 1. The first-order valence-electron chi connectivity index (χ1n) is 8.55. The molecule has 1 amide bonds. The monoisotopic (exact) mass is 403 g/mol. The van der Waals surface area contributed by atoms with E-state index in [0.717, 1.165) is 6.42 Å². The third-order valence-corrected chi connectivity index (χ3v) is 4.09. The first-order chi connectivity index (χ1) is 13.3. The number of anilines is 1. The van der Waals surface area contributed by atoms with Gasteiger partial charge in [0.25, 0.3) is 11.6 Å². The number of carbonyl (C=O) groups is 1. The minimum Gasteiger partial charge on any atom is -0.496 e. The lowest BCUT2D eigenvalue weighted by atomic mass is 10.2. The number of carbonyl (C=O) groups excluding carboxylic acids is 1. The maximum absolute atomic E-state index is 12.4. The fourth-order valence-corrected chi connectivity index (χ4v) is 2.45. The van der Waals surface area contributed by atoms with Gasteiger partial charge in [-0.3, -0.25) is 20.2 Å². The Kier molecular flexibility index (Phi) is 7.28. The van der Waals surface area contributed by atoms with Crippen LogP contribution in [-0.4, -0.2) is 29.2 Å². The zero-order valence-electron chi connectivity index (χ0n) is 15.7. The molecular weight excluding hydrogens is 382 g/mol. The summed E-state index contributed by atoms with van der Waals surface area (Å²) in [5.41, 5.74) is 0.277. The number of nitro groups is 1. The van der Waals surface area contributed by atoms with Crippen molar-refractivity contribution in [1.29, 1.82) is 0 Å². The predicted molar refractivity (Wildman–Crippen MR) is 110 cm³/mol. The summed E-state index contributed by atoms with van der Waals surface area (Å²) < 4.78 is 10.7. The van der Waals surface area contributed by atoms with E-state index in [1.54, 1.807) is 30.3 Å². The molecule has 0 aliphatic heterocycles. The quantitative estimate of drug-likeness (QED) is 0.410. The number of hydrogen-bond acceptors (Lipinski definition) is 6. The van der Waals surface area contributed by atoms with Crippen LogP contribution in [0.3, 0.4) is 0 Å². The van der Waals surface area contributed by atoms with E-state index in [1.165, 1.54) is 19.2 Å². The van der Waals surface area contributed by atoms with E-state index >= 15 is 0 Å². The molecule has 28 heavy (non-hydrogen) atoms. The van der Waals surface area contributed by atoms with E-state index in [2.05, 4.69) is 10.6 Å². The van der Waals surface area contributed by atoms with Crippen LogP contribution in [0.2, 0.25) is 0 Å². The summed E-state index contributed by atoms with van der Waals surface area (Å²) in [5.74, 6) is 0.459. The van der Waals surface area contributed by atoms with Gasteiger partial charge in [0, 0.05) is 5.56 Å². The second kappa shape index (κ2) is 9.65. The molecule has 148 valence electrons. The van der Waals surface area contributed by atoms with Crippen LogP contribution in [0.4, 0.5) is 11.4 Å². The average Bonchev–Trinajstić information content (AvgIpc) is 2.68. The molecular formula is C19H21N3O5S. The van der Waals surface area contributed by atoms with Crippen LogP contribution in [0.1, 0.15) is 30.6 Å². The molecule has 0 aliphatic rings. The highest BCUT2D eigenvalue weighted by Gasteiger charge is 2.17. The molecule has 0 saturated carbocycles. The van der Waals surface area contributed by atoms with Gasteiger partial charge in [-0.15, -0.1) is 0 Å². The van der Waals surface area contributed by atoms with E-state index in [4.69, 9.17) is 21.7 Å². The molecule has 0 aromatic heterocycles. The second-order valence-electron chi connectivity index (χ2n) is 5.91. The lowest BCUT2D eigenvalue weighted by Gasteiger charge is -2.14. The maximum Gasteiger partial charge on any atom is 0.296 e. The fourth-order valence-electron chi connectivity index (χ4n) is 2.25. The number of nitrogens with one attached hydrogen (secondary N) is 2. The number of rotatable bonds is 7. The van der Waals surface area contributed by atoms with Crippen molar-refractivity contribution in [1.82, 2.24) is 5.32 Å². The third-order valence-electron chi connectivity index (χ3n) is 3.89. The summed E-state index contributed by atoms with van der Waals surface area (Å²) in [6.45, 7) is 3.94. The van der Waals surface area contributed by atoms with E-state index in [-0.39, 0.29) is 22.6 Å². The van der Waals surface area contributed by atoms with Crippen molar-refractivity contribution in [3.63, 3.8) is 0 Å². The predicted octanol–water partition coefficient (Wildman–Crippen LogP) is 3.91. The Morgan fingerprint density at radius 2 is 2.00 bits per heavy atom. The molecule has 0 spiro atoms. The van der Waals surface area contributed by atoms with Crippen molar-refractivity contribution in [2.45, 2.75) is 26.4 Å². The molecule has 0 saturated heterocycles. The smallest absolute Gasteiger partial charge is 0.296 e. The molecule has 2 N–H and O–H groups in total. The number of ether oxygens (including phenoxy) is 2. The van der Waals surface area contributed by atoms with Crippen molar-refractivity contribution in [2.24, 2.45) is 0 Å². The normalized spacial score (nSPS) is 11.2. The maximum atomic E-state index is 12.4.